The molecule has 0 radical (unpaired) electrons. The number of nitrogens with zero attached hydrogens (tertiary/aromatic N) is 5. The summed E-state index contributed by atoms with van der Waals surface area (Å²) in [6.07, 6.45) is 11.0. The van der Waals surface area contributed by atoms with E-state index in [1.807, 2.05) is 6.07 Å². The molecule has 5 rings (SSSR count). The highest BCUT2D eigenvalue weighted by Gasteiger charge is 2.28. The largest absolute Gasteiger partial charge is 0.379 e. The summed E-state index contributed by atoms with van der Waals surface area (Å²) < 4.78 is 7.16. The van der Waals surface area contributed by atoms with Crippen molar-refractivity contribution in [3.63, 3.8) is 0 Å². The fraction of sp³-hybridized carbons (Fsp3) is 0.500. The Balaban J connectivity index is 1.29. The predicted octanol–water partition coefficient (Wildman–Crippen LogP) is 1.52. The molecular weight excluding hydrogens is 370 g/mol. The minimum atomic E-state index is -0.156. The van der Waals surface area contributed by atoms with Gasteiger partial charge in [-0.3, -0.25) is 14.3 Å². The summed E-state index contributed by atoms with van der Waals surface area (Å²) in [4.78, 5) is 31.8. The Morgan fingerprint density at radius 3 is 2.76 bits per heavy atom. The highest BCUT2D eigenvalue weighted by Crippen LogP contribution is 2.24. The highest BCUT2D eigenvalue weighted by atomic mass is 16.5. The number of hydrogen-bond acceptors (Lipinski definition) is 6. The van der Waals surface area contributed by atoms with Gasteiger partial charge in [0.05, 0.1) is 24.2 Å². The Morgan fingerprint density at radius 2 is 2.00 bits per heavy atom. The summed E-state index contributed by atoms with van der Waals surface area (Å²) in [5.41, 5.74) is 1.75. The van der Waals surface area contributed by atoms with E-state index >= 15 is 0 Å². The number of carbonyl (C=O) groups is 1. The Bertz CT molecular complexity index is 970. The van der Waals surface area contributed by atoms with Crippen LogP contribution in [-0.4, -0.2) is 73.7 Å². The maximum absolute atomic E-state index is 13.1. The van der Waals surface area contributed by atoms with Crippen LogP contribution in [-0.2, 0) is 4.74 Å². The number of amides is 1. The van der Waals surface area contributed by atoms with Crippen LogP contribution in [0, 0.1) is 0 Å². The van der Waals surface area contributed by atoms with Crippen molar-refractivity contribution in [3.05, 3.63) is 36.7 Å². The summed E-state index contributed by atoms with van der Waals surface area (Å²) in [5, 5.41) is 3.20. The maximum atomic E-state index is 13.1. The second-order valence-corrected chi connectivity index (χ2v) is 7.71. The average Bonchev–Trinajstić information content (AvgIpc) is 3.46. The number of H-pyrrole nitrogens is 1. The van der Waals surface area contributed by atoms with Crippen molar-refractivity contribution in [3.8, 4) is 5.95 Å². The zero-order chi connectivity index (χ0) is 19.6. The molecule has 0 spiro atoms. The number of rotatable bonds is 4. The number of aromatic nitrogens is 5. The maximum Gasteiger partial charge on any atom is 0.272 e. The van der Waals surface area contributed by atoms with Gasteiger partial charge in [0.1, 0.15) is 6.33 Å². The normalized spacial score (nSPS) is 23.3. The molecule has 1 amide bonds. The van der Waals surface area contributed by atoms with Gasteiger partial charge in [-0.25, -0.2) is 15.0 Å². The smallest absolute Gasteiger partial charge is 0.272 e. The molecular formula is C20H25N7O2. The SMILES string of the molecule is O=C(NC1CCC(N2CCOCC2)CC1)c1nc(-n2ccnc2)nc2cc[nH]c12. The van der Waals surface area contributed by atoms with Gasteiger partial charge < -0.3 is 15.0 Å². The third kappa shape index (κ3) is 3.75. The summed E-state index contributed by atoms with van der Waals surface area (Å²) >= 11 is 0. The number of morpholine rings is 1. The van der Waals surface area contributed by atoms with Gasteiger partial charge in [-0.05, 0) is 31.7 Å². The molecule has 0 unspecified atom stereocenters. The van der Waals surface area contributed by atoms with Gasteiger partial charge in [0.25, 0.3) is 5.91 Å². The van der Waals surface area contributed by atoms with E-state index < -0.39 is 0 Å². The third-order valence-corrected chi connectivity index (χ3v) is 5.94. The first kappa shape index (κ1) is 18.3. The lowest BCUT2D eigenvalue weighted by Gasteiger charge is -2.38. The monoisotopic (exact) mass is 395 g/mol. The summed E-state index contributed by atoms with van der Waals surface area (Å²) in [7, 11) is 0. The number of nitrogens with one attached hydrogen (secondary N) is 2. The second kappa shape index (κ2) is 7.92. The molecule has 2 N–H and O–H groups in total. The summed E-state index contributed by atoms with van der Waals surface area (Å²) in [6, 6.07) is 2.63. The van der Waals surface area contributed by atoms with E-state index in [0.717, 1.165) is 52.0 Å². The van der Waals surface area contributed by atoms with Crippen molar-refractivity contribution < 1.29 is 9.53 Å². The highest BCUT2D eigenvalue weighted by molar-refractivity contribution is 6.03. The van der Waals surface area contributed by atoms with E-state index in [0.29, 0.717) is 28.7 Å². The Kier molecular flexibility index (Phi) is 4.99. The lowest BCUT2D eigenvalue weighted by Crippen LogP contribution is -2.47. The lowest BCUT2D eigenvalue weighted by molar-refractivity contribution is 0.00664. The van der Waals surface area contributed by atoms with Crippen LogP contribution in [0.4, 0.5) is 0 Å². The molecule has 1 aliphatic heterocycles. The van der Waals surface area contributed by atoms with E-state index in [1.54, 1.807) is 29.5 Å². The number of hydrogen-bond donors (Lipinski definition) is 2. The molecule has 0 bridgehead atoms. The van der Waals surface area contributed by atoms with Crippen LogP contribution in [0.25, 0.3) is 17.0 Å². The van der Waals surface area contributed by atoms with Gasteiger partial charge >= 0.3 is 0 Å². The molecule has 0 atom stereocenters. The van der Waals surface area contributed by atoms with Gasteiger partial charge in [0.15, 0.2) is 5.69 Å². The first-order chi connectivity index (χ1) is 14.3. The fourth-order valence-corrected chi connectivity index (χ4v) is 4.37. The molecule has 9 nitrogen and oxygen atoms in total. The number of imidazole rings is 1. The van der Waals surface area contributed by atoms with Gasteiger partial charge in [0, 0.05) is 43.8 Å². The summed E-state index contributed by atoms with van der Waals surface area (Å²) in [5.74, 6) is 0.284. The van der Waals surface area contributed by atoms with E-state index in [-0.39, 0.29) is 11.9 Å². The van der Waals surface area contributed by atoms with Crippen LogP contribution in [0.3, 0.4) is 0 Å². The molecule has 1 saturated carbocycles. The first-order valence-electron chi connectivity index (χ1n) is 10.2. The van der Waals surface area contributed by atoms with Crippen molar-refractivity contribution in [2.24, 2.45) is 0 Å². The molecule has 4 heterocycles. The zero-order valence-corrected chi connectivity index (χ0v) is 16.3. The van der Waals surface area contributed by atoms with E-state index in [4.69, 9.17) is 4.74 Å². The van der Waals surface area contributed by atoms with Crippen molar-refractivity contribution >= 4 is 16.9 Å². The molecule has 1 aliphatic carbocycles. The van der Waals surface area contributed by atoms with E-state index in [2.05, 4.69) is 30.2 Å². The lowest BCUT2D eigenvalue weighted by atomic mass is 9.90. The standard InChI is InChI=1S/C20H25N7O2/c28-19(23-14-1-3-15(4-2-14)26-9-11-29-12-10-26)18-17-16(5-6-22-17)24-20(25-18)27-8-7-21-13-27/h5-8,13-15,22H,1-4,9-12H2,(H,23,28). The van der Waals surface area contributed by atoms with Crippen LogP contribution >= 0.6 is 0 Å². The van der Waals surface area contributed by atoms with Crippen molar-refractivity contribution in [1.82, 2.24) is 34.7 Å². The molecule has 1 saturated heterocycles. The topological polar surface area (TPSA) is 101 Å². The fourth-order valence-electron chi connectivity index (χ4n) is 4.37. The molecule has 2 fully saturated rings. The van der Waals surface area contributed by atoms with Crippen molar-refractivity contribution in [2.45, 2.75) is 37.8 Å². The van der Waals surface area contributed by atoms with E-state index in [1.165, 1.54) is 0 Å². The summed E-state index contributed by atoms with van der Waals surface area (Å²) in [6.45, 7) is 3.69. The minimum Gasteiger partial charge on any atom is -0.379 e. The second-order valence-electron chi connectivity index (χ2n) is 7.71. The molecule has 152 valence electrons. The molecule has 2 aliphatic rings. The van der Waals surface area contributed by atoms with Crippen molar-refractivity contribution in [1.29, 1.82) is 0 Å². The van der Waals surface area contributed by atoms with Crippen molar-refractivity contribution in [2.75, 3.05) is 26.3 Å². The Morgan fingerprint density at radius 1 is 1.17 bits per heavy atom. The number of aromatic amines is 1. The molecule has 3 aromatic heterocycles. The van der Waals surface area contributed by atoms with Gasteiger partial charge in [0.2, 0.25) is 5.95 Å². The quantitative estimate of drug-likeness (QED) is 0.695. The molecule has 9 heteroatoms. The van der Waals surface area contributed by atoms with Crippen LogP contribution in [0.1, 0.15) is 36.2 Å². The van der Waals surface area contributed by atoms with E-state index in [9.17, 15) is 4.79 Å². The number of carbonyl (C=O) groups excluding carboxylic acids is 1. The van der Waals surface area contributed by atoms with Crippen LogP contribution < -0.4 is 5.32 Å². The predicted molar refractivity (Wildman–Crippen MR) is 107 cm³/mol. The molecule has 29 heavy (non-hydrogen) atoms. The van der Waals surface area contributed by atoms with Crippen LogP contribution in [0.5, 0.6) is 0 Å². The Hall–Kier alpha value is -2.78. The van der Waals surface area contributed by atoms with Crippen LogP contribution in [0.15, 0.2) is 31.0 Å². The van der Waals surface area contributed by atoms with Gasteiger partial charge in [-0.1, -0.05) is 0 Å². The average molecular weight is 395 g/mol. The van der Waals surface area contributed by atoms with Gasteiger partial charge in [-0.2, -0.15) is 0 Å². The first-order valence-corrected chi connectivity index (χ1v) is 10.2. The third-order valence-electron chi connectivity index (χ3n) is 5.94. The zero-order valence-electron chi connectivity index (χ0n) is 16.3. The van der Waals surface area contributed by atoms with Crippen LogP contribution in [0.2, 0.25) is 0 Å². The van der Waals surface area contributed by atoms with Gasteiger partial charge in [-0.15, -0.1) is 0 Å². The minimum absolute atomic E-state index is 0.156. The number of fused-ring (bicyclic) bond motifs is 1. The molecule has 0 aromatic carbocycles. The molecule has 3 aromatic rings. The Labute approximate surface area is 168 Å². The number of ether oxygens (including phenoxy) is 1.